The molecule has 1 aromatic heterocycles. The van der Waals surface area contributed by atoms with Crippen LogP contribution in [0, 0.1) is 5.92 Å². The van der Waals surface area contributed by atoms with Gasteiger partial charge in [0, 0.05) is 5.92 Å². The van der Waals surface area contributed by atoms with E-state index in [0.717, 1.165) is 12.8 Å². The average molecular weight is 288 g/mol. The van der Waals surface area contributed by atoms with Gasteiger partial charge in [-0.05, 0) is 18.8 Å². The largest absolute Gasteiger partial charge is 0.408 e. The summed E-state index contributed by atoms with van der Waals surface area (Å²) in [5.74, 6) is 1.10. The topological polar surface area (TPSA) is 68.0 Å². The fourth-order valence-electron chi connectivity index (χ4n) is 1.26. The monoisotopic (exact) mass is 287 g/mol. The Morgan fingerprint density at radius 2 is 2.19 bits per heavy atom. The molecule has 1 heterocycles. The zero-order valence-corrected chi connectivity index (χ0v) is 10.8. The summed E-state index contributed by atoms with van der Waals surface area (Å²) in [4.78, 5) is 11.4. The van der Waals surface area contributed by atoms with Crippen LogP contribution in [-0.2, 0) is 4.79 Å². The van der Waals surface area contributed by atoms with Crippen LogP contribution in [0.5, 0.6) is 0 Å². The normalized spacial score (nSPS) is 17.5. The molecule has 1 aromatic rings. The van der Waals surface area contributed by atoms with Crippen molar-refractivity contribution in [3.63, 3.8) is 0 Å². The second kappa shape index (κ2) is 4.53. The van der Waals surface area contributed by atoms with E-state index in [1.807, 2.05) is 13.8 Å². The SMILES string of the molecule is CC(C)C(Br)C(=O)Nc1nnc(C2CC2)o1. The molecule has 1 fully saturated rings. The number of nitrogens with zero attached hydrogens (tertiary/aromatic N) is 2. The van der Waals surface area contributed by atoms with E-state index in [9.17, 15) is 4.79 Å². The molecule has 5 nitrogen and oxygen atoms in total. The summed E-state index contributed by atoms with van der Waals surface area (Å²) in [6.45, 7) is 3.92. The highest BCUT2D eigenvalue weighted by Crippen LogP contribution is 2.39. The van der Waals surface area contributed by atoms with Crippen molar-refractivity contribution in [3.05, 3.63) is 5.89 Å². The van der Waals surface area contributed by atoms with Gasteiger partial charge in [0.2, 0.25) is 11.8 Å². The van der Waals surface area contributed by atoms with E-state index >= 15 is 0 Å². The summed E-state index contributed by atoms with van der Waals surface area (Å²) in [7, 11) is 0. The first kappa shape index (κ1) is 11.6. The van der Waals surface area contributed by atoms with Gasteiger partial charge in [-0.1, -0.05) is 34.9 Å². The summed E-state index contributed by atoms with van der Waals surface area (Å²) >= 11 is 3.31. The number of amides is 1. The molecule has 1 saturated carbocycles. The van der Waals surface area contributed by atoms with Gasteiger partial charge in [0.25, 0.3) is 0 Å². The lowest BCUT2D eigenvalue weighted by Crippen LogP contribution is -2.27. The number of rotatable bonds is 4. The maximum Gasteiger partial charge on any atom is 0.322 e. The molecule has 16 heavy (non-hydrogen) atoms. The lowest BCUT2D eigenvalue weighted by Gasteiger charge is -2.11. The van der Waals surface area contributed by atoms with E-state index in [1.165, 1.54) is 0 Å². The number of aromatic nitrogens is 2. The zero-order chi connectivity index (χ0) is 11.7. The highest BCUT2D eigenvalue weighted by molar-refractivity contribution is 9.10. The van der Waals surface area contributed by atoms with Crippen LogP contribution >= 0.6 is 15.9 Å². The zero-order valence-electron chi connectivity index (χ0n) is 9.24. The van der Waals surface area contributed by atoms with Crippen molar-refractivity contribution in [1.82, 2.24) is 10.2 Å². The Hall–Kier alpha value is -0.910. The standard InChI is InChI=1S/C10H14BrN3O2/c1-5(2)7(11)8(15)12-10-14-13-9(16-10)6-3-4-6/h5-7H,3-4H2,1-2H3,(H,12,14,15). The molecular weight excluding hydrogens is 274 g/mol. The van der Waals surface area contributed by atoms with Crippen molar-refractivity contribution in [2.24, 2.45) is 5.92 Å². The lowest BCUT2D eigenvalue weighted by molar-refractivity contribution is -0.116. The first-order valence-corrected chi connectivity index (χ1v) is 6.28. The van der Waals surface area contributed by atoms with Gasteiger partial charge in [0.05, 0.1) is 4.83 Å². The van der Waals surface area contributed by atoms with E-state index in [0.29, 0.717) is 11.8 Å². The number of nitrogens with one attached hydrogen (secondary N) is 1. The van der Waals surface area contributed by atoms with E-state index in [1.54, 1.807) is 0 Å². The highest BCUT2D eigenvalue weighted by Gasteiger charge is 2.30. The van der Waals surface area contributed by atoms with Gasteiger partial charge in [0.15, 0.2) is 0 Å². The molecule has 0 bridgehead atoms. The molecule has 1 N–H and O–H groups in total. The highest BCUT2D eigenvalue weighted by atomic mass is 79.9. The van der Waals surface area contributed by atoms with Crippen LogP contribution in [0.2, 0.25) is 0 Å². The summed E-state index contributed by atoms with van der Waals surface area (Å²) < 4.78 is 5.33. The molecule has 0 radical (unpaired) electrons. The fraction of sp³-hybridized carbons (Fsp3) is 0.700. The van der Waals surface area contributed by atoms with Gasteiger partial charge in [-0.25, -0.2) is 0 Å². The number of hydrogen-bond acceptors (Lipinski definition) is 4. The Kier molecular flexibility index (Phi) is 3.28. The van der Waals surface area contributed by atoms with Crippen LogP contribution in [0.25, 0.3) is 0 Å². The molecule has 0 spiro atoms. The number of hydrogen-bond donors (Lipinski definition) is 1. The second-order valence-electron chi connectivity index (χ2n) is 4.35. The van der Waals surface area contributed by atoms with E-state index < -0.39 is 0 Å². The fourth-order valence-corrected chi connectivity index (χ4v) is 1.37. The minimum Gasteiger partial charge on any atom is -0.408 e. The van der Waals surface area contributed by atoms with Gasteiger partial charge in [-0.2, -0.15) is 0 Å². The van der Waals surface area contributed by atoms with Crippen molar-refractivity contribution in [1.29, 1.82) is 0 Å². The summed E-state index contributed by atoms with van der Waals surface area (Å²) in [6, 6.07) is 0.192. The number of alkyl halides is 1. The summed E-state index contributed by atoms with van der Waals surface area (Å²) in [6.07, 6.45) is 2.20. The van der Waals surface area contributed by atoms with Crippen LogP contribution in [0.4, 0.5) is 6.01 Å². The van der Waals surface area contributed by atoms with Crippen LogP contribution in [-0.4, -0.2) is 20.9 Å². The van der Waals surface area contributed by atoms with Crippen molar-refractivity contribution in [2.75, 3.05) is 5.32 Å². The summed E-state index contributed by atoms with van der Waals surface area (Å²) in [5.41, 5.74) is 0. The number of halogens is 1. The van der Waals surface area contributed by atoms with E-state index in [-0.39, 0.29) is 22.7 Å². The third-order valence-electron chi connectivity index (χ3n) is 2.43. The predicted octanol–water partition coefficient (Wildman–Crippen LogP) is 2.31. The maximum atomic E-state index is 11.7. The molecule has 1 unspecified atom stereocenters. The first-order valence-electron chi connectivity index (χ1n) is 5.36. The van der Waals surface area contributed by atoms with Crippen molar-refractivity contribution < 1.29 is 9.21 Å². The van der Waals surface area contributed by atoms with E-state index in [4.69, 9.17) is 4.42 Å². The van der Waals surface area contributed by atoms with Crippen LogP contribution in [0.3, 0.4) is 0 Å². The average Bonchev–Trinajstić information content (AvgIpc) is 2.99. The maximum absolute atomic E-state index is 11.7. The third-order valence-corrected chi connectivity index (χ3v) is 3.91. The van der Waals surface area contributed by atoms with Crippen molar-refractivity contribution in [3.8, 4) is 0 Å². The molecule has 88 valence electrons. The Labute approximate surface area is 102 Å². The molecule has 1 atom stereocenters. The molecule has 1 aliphatic rings. The minimum absolute atomic E-state index is 0.152. The number of carbonyl (C=O) groups is 1. The lowest BCUT2D eigenvalue weighted by atomic mass is 10.1. The van der Waals surface area contributed by atoms with Gasteiger partial charge in [-0.15, -0.1) is 5.10 Å². The Bertz CT molecular complexity index is 387. The van der Waals surface area contributed by atoms with Crippen molar-refractivity contribution in [2.45, 2.75) is 37.4 Å². The molecular formula is C10H14BrN3O2. The second-order valence-corrected chi connectivity index (χ2v) is 5.34. The van der Waals surface area contributed by atoms with Crippen LogP contribution in [0.15, 0.2) is 4.42 Å². The van der Waals surface area contributed by atoms with Gasteiger partial charge in [-0.3, -0.25) is 10.1 Å². The molecule has 0 aromatic carbocycles. The van der Waals surface area contributed by atoms with Crippen molar-refractivity contribution >= 4 is 27.9 Å². The molecule has 1 amide bonds. The van der Waals surface area contributed by atoms with E-state index in [2.05, 4.69) is 31.4 Å². The molecule has 1 aliphatic carbocycles. The molecule has 0 saturated heterocycles. The smallest absolute Gasteiger partial charge is 0.322 e. The third kappa shape index (κ3) is 2.61. The Morgan fingerprint density at radius 1 is 1.50 bits per heavy atom. The molecule has 2 rings (SSSR count). The first-order chi connectivity index (χ1) is 7.58. The Morgan fingerprint density at radius 3 is 2.75 bits per heavy atom. The van der Waals surface area contributed by atoms with Crippen LogP contribution in [0.1, 0.15) is 38.5 Å². The van der Waals surface area contributed by atoms with Gasteiger partial charge in [0.1, 0.15) is 0 Å². The number of anilines is 1. The van der Waals surface area contributed by atoms with Crippen LogP contribution < -0.4 is 5.32 Å². The quantitative estimate of drug-likeness (QED) is 0.863. The Balaban J connectivity index is 1.94. The predicted molar refractivity (Wildman–Crippen MR) is 62.5 cm³/mol. The minimum atomic E-state index is -0.247. The van der Waals surface area contributed by atoms with Gasteiger partial charge >= 0.3 is 6.01 Å². The molecule has 6 heteroatoms. The molecule has 0 aliphatic heterocycles. The summed E-state index contributed by atoms with van der Waals surface area (Å²) in [5, 5.41) is 10.3. The van der Waals surface area contributed by atoms with Gasteiger partial charge < -0.3 is 4.42 Å². The number of carbonyl (C=O) groups excluding carboxylic acids is 1.